The minimum atomic E-state index is -0.459. The van der Waals surface area contributed by atoms with E-state index in [0.717, 1.165) is 22.1 Å². The Bertz CT molecular complexity index is 746. The van der Waals surface area contributed by atoms with Gasteiger partial charge in [0, 0.05) is 23.3 Å². The highest BCUT2D eigenvalue weighted by Gasteiger charge is 2.34. The molecule has 7 nitrogen and oxygen atoms in total. The van der Waals surface area contributed by atoms with Crippen LogP contribution in [0.25, 0.3) is 5.52 Å². The lowest BCUT2D eigenvalue weighted by Crippen LogP contribution is -2.52. The highest BCUT2D eigenvalue weighted by molar-refractivity contribution is 9.10. The van der Waals surface area contributed by atoms with Crippen LogP contribution >= 0.6 is 15.9 Å². The van der Waals surface area contributed by atoms with Gasteiger partial charge in [0.1, 0.15) is 17.4 Å². The van der Waals surface area contributed by atoms with Gasteiger partial charge in [0.25, 0.3) is 0 Å². The summed E-state index contributed by atoms with van der Waals surface area (Å²) in [7, 11) is 0. The van der Waals surface area contributed by atoms with E-state index in [9.17, 15) is 4.79 Å². The van der Waals surface area contributed by atoms with Crippen molar-refractivity contribution in [3.8, 4) is 0 Å². The molecule has 1 aliphatic rings. The van der Waals surface area contributed by atoms with Gasteiger partial charge in [-0.3, -0.25) is 0 Å². The number of aromatic nitrogens is 3. The van der Waals surface area contributed by atoms with Crippen LogP contribution in [-0.2, 0) is 11.2 Å². The molecule has 1 saturated heterocycles. The lowest BCUT2D eigenvalue weighted by molar-refractivity contribution is -0.00105. The molecule has 0 unspecified atom stereocenters. The van der Waals surface area contributed by atoms with E-state index >= 15 is 0 Å². The third-order valence-electron chi connectivity index (χ3n) is 3.72. The molecule has 1 amide bonds. The molecule has 0 saturated carbocycles. The number of rotatable bonds is 2. The van der Waals surface area contributed by atoms with Crippen LogP contribution in [0.15, 0.2) is 16.9 Å². The number of nitrogens with zero attached hydrogens (tertiary/aromatic N) is 4. The Hall–Kier alpha value is -1.83. The number of likely N-dealkylation sites (tertiary alicyclic amines) is 1. The number of carbonyl (C=O) groups excluding carboxylic acids is 1. The summed E-state index contributed by atoms with van der Waals surface area (Å²) in [6.07, 6.45) is 2.02. The average Bonchev–Trinajstić information content (AvgIpc) is 2.69. The van der Waals surface area contributed by atoms with Gasteiger partial charge in [-0.25, -0.2) is 14.3 Å². The van der Waals surface area contributed by atoms with Gasteiger partial charge < -0.3 is 15.4 Å². The van der Waals surface area contributed by atoms with E-state index in [1.165, 1.54) is 6.33 Å². The summed E-state index contributed by atoms with van der Waals surface area (Å²) < 4.78 is 8.06. The molecule has 0 radical (unpaired) electrons. The standard InChI is InChI=1S/C15H20BrN5O2/c1-15(2,3)23-14(22)20-6-9(7-20)4-10-5-11(16)12-13(17)18-8-19-21(10)12/h5,8-9H,4,6-7H2,1-3H3,(H2,17,18,19). The topological polar surface area (TPSA) is 85.8 Å². The fourth-order valence-corrected chi connectivity index (χ4v) is 3.34. The molecule has 0 atom stereocenters. The first-order chi connectivity index (χ1) is 10.7. The molecule has 1 fully saturated rings. The zero-order valence-corrected chi connectivity index (χ0v) is 15.0. The zero-order chi connectivity index (χ0) is 16.8. The second-order valence-corrected chi connectivity index (χ2v) is 7.70. The predicted molar refractivity (Wildman–Crippen MR) is 90.1 cm³/mol. The Morgan fingerprint density at radius 2 is 2.17 bits per heavy atom. The number of hydrogen-bond acceptors (Lipinski definition) is 5. The van der Waals surface area contributed by atoms with Crippen LogP contribution in [0.2, 0.25) is 0 Å². The van der Waals surface area contributed by atoms with Crippen molar-refractivity contribution in [3.63, 3.8) is 0 Å². The molecule has 3 heterocycles. The Balaban J connectivity index is 1.65. The molecule has 2 aromatic rings. The van der Waals surface area contributed by atoms with Crippen LogP contribution in [0.3, 0.4) is 0 Å². The highest BCUT2D eigenvalue weighted by atomic mass is 79.9. The summed E-state index contributed by atoms with van der Waals surface area (Å²) in [6, 6.07) is 2.01. The molecule has 0 bridgehead atoms. The minimum absolute atomic E-state index is 0.249. The second-order valence-electron chi connectivity index (χ2n) is 6.84. The van der Waals surface area contributed by atoms with Gasteiger partial charge in [0.05, 0.1) is 0 Å². The minimum Gasteiger partial charge on any atom is -0.444 e. The van der Waals surface area contributed by atoms with Crippen LogP contribution in [-0.4, -0.2) is 44.3 Å². The number of nitrogens with two attached hydrogens (primary N) is 1. The molecule has 3 rings (SSSR count). The molecule has 2 aromatic heterocycles. The van der Waals surface area contributed by atoms with E-state index < -0.39 is 5.60 Å². The molecule has 2 N–H and O–H groups in total. The van der Waals surface area contributed by atoms with Gasteiger partial charge >= 0.3 is 6.09 Å². The van der Waals surface area contributed by atoms with Crippen LogP contribution in [0.5, 0.6) is 0 Å². The number of nitrogen functional groups attached to an aromatic ring is 1. The van der Waals surface area contributed by atoms with Crippen LogP contribution in [0, 0.1) is 5.92 Å². The zero-order valence-electron chi connectivity index (χ0n) is 13.4. The molecule has 1 aliphatic heterocycles. The van der Waals surface area contributed by atoms with Crippen molar-refractivity contribution < 1.29 is 9.53 Å². The third kappa shape index (κ3) is 3.26. The molecule has 23 heavy (non-hydrogen) atoms. The molecule has 0 spiro atoms. The van der Waals surface area contributed by atoms with Crippen molar-refractivity contribution in [2.75, 3.05) is 18.8 Å². The summed E-state index contributed by atoms with van der Waals surface area (Å²) >= 11 is 3.50. The maximum Gasteiger partial charge on any atom is 0.410 e. The number of anilines is 1. The first-order valence-corrected chi connectivity index (χ1v) is 8.28. The Morgan fingerprint density at radius 3 is 2.83 bits per heavy atom. The quantitative estimate of drug-likeness (QED) is 0.863. The van der Waals surface area contributed by atoms with Crippen LogP contribution in [0.1, 0.15) is 26.5 Å². The smallest absolute Gasteiger partial charge is 0.410 e. The summed E-state index contributed by atoms with van der Waals surface area (Å²) in [5, 5.41) is 4.27. The summed E-state index contributed by atoms with van der Waals surface area (Å²) in [5.74, 6) is 0.839. The molecular formula is C15H20BrN5O2. The van der Waals surface area contributed by atoms with Crippen molar-refractivity contribution in [2.24, 2.45) is 5.92 Å². The molecule has 8 heteroatoms. The molecule has 0 aromatic carbocycles. The van der Waals surface area contributed by atoms with Crippen LogP contribution < -0.4 is 5.73 Å². The first-order valence-electron chi connectivity index (χ1n) is 7.49. The monoisotopic (exact) mass is 381 g/mol. The third-order valence-corrected chi connectivity index (χ3v) is 4.32. The van der Waals surface area contributed by atoms with E-state index in [1.54, 1.807) is 4.90 Å². The van der Waals surface area contributed by atoms with Crippen molar-refractivity contribution in [3.05, 3.63) is 22.6 Å². The van der Waals surface area contributed by atoms with E-state index in [2.05, 4.69) is 26.0 Å². The number of hydrogen-bond donors (Lipinski definition) is 1. The number of ether oxygens (including phenoxy) is 1. The first kappa shape index (κ1) is 16.0. The predicted octanol–water partition coefficient (Wildman–Crippen LogP) is 2.48. The lowest BCUT2D eigenvalue weighted by Gasteiger charge is -2.39. The fraction of sp³-hybridized carbons (Fsp3) is 0.533. The largest absolute Gasteiger partial charge is 0.444 e. The molecule has 124 valence electrons. The van der Waals surface area contributed by atoms with Gasteiger partial charge in [-0.1, -0.05) is 0 Å². The number of amides is 1. The van der Waals surface area contributed by atoms with Crippen molar-refractivity contribution >= 4 is 33.4 Å². The van der Waals surface area contributed by atoms with Gasteiger partial charge in [-0.2, -0.15) is 5.10 Å². The second kappa shape index (κ2) is 5.67. The van der Waals surface area contributed by atoms with Gasteiger partial charge in [0.2, 0.25) is 0 Å². The Labute approximate surface area is 142 Å². The summed E-state index contributed by atoms with van der Waals surface area (Å²) in [5.41, 5.74) is 7.27. The lowest BCUT2D eigenvalue weighted by atomic mass is 9.95. The maximum absolute atomic E-state index is 12.0. The van der Waals surface area contributed by atoms with Crippen molar-refractivity contribution in [1.82, 2.24) is 19.5 Å². The van der Waals surface area contributed by atoms with E-state index in [1.807, 2.05) is 31.4 Å². The van der Waals surface area contributed by atoms with E-state index in [4.69, 9.17) is 10.5 Å². The van der Waals surface area contributed by atoms with Gasteiger partial charge in [0.15, 0.2) is 5.82 Å². The highest BCUT2D eigenvalue weighted by Crippen LogP contribution is 2.29. The van der Waals surface area contributed by atoms with Crippen molar-refractivity contribution in [2.45, 2.75) is 32.8 Å². The Morgan fingerprint density at radius 1 is 1.48 bits per heavy atom. The summed E-state index contributed by atoms with van der Waals surface area (Å²) in [4.78, 5) is 17.7. The SMILES string of the molecule is CC(C)(C)OC(=O)N1CC(Cc2cc(Br)c3c(N)ncnn23)C1. The normalized spacial score (nSPS) is 15.7. The van der Waals surface area contributed by atoms with Gasteiger partial charge in [-0.05, 0) is 55.1 Å². The fourth-order valence-electron chi connectivity index (χ4n) is 2.70. The van der Waals surface area contributed by atoms with Crippen molar-refractivity contribution in [1.29, 1.82) is 0 Å². The van der Waals surface area contributed by atoms with Crippen LogP contribution in [0.4, 0.5) is 10.6 Å². The Kier molecular flexibility index (Phi) is 3.95. The van der Waals surface area contributed by atoms with E-state index in [-0.39, 0.29) is 6.09 Å². The average molecular weight is 382 g/mol. The number of fused-ring (bicyclic) bond motifs is 1. The van der Waals surface area contributed by atoms with Gasteiger partial charge in [-0.15, -0.1) is 0 Å². The number of carbonyl (C=O) groups is 1. The van der Waals surface area contributed by atoms with E-state index in [0.29, 0.717) is 24.8 Å². The summed E-state index contributed by atoms with van der Waals surface area (Å²) in [6.45, 7) is 7.00. The molecule has 0 aliphatic carbocycles. The maximum atomic E-state index is 12.0. The molecular weight excluding hydrogens is 362 g/mol. The number of halogens is 1.